The van der Waals surface area contributed by atoms with Crippen molar-refractivity contribution in [1.29, 1.82) is 0 Å². The molecule has 3 rings (SSSR count). The van der Waals surface area contributed by atoms with Gasteiger partial charge in [-0.15, -0.1) is 0 Å². The van der Waals surface area contributed by atoms with Gasteiger partial charge in [-0.3, -0.25) is 9.48 Å². The number of rotatable bonds is 2. The lowest BCUT2D eigenvalue weighted by Gasteiger charge is -2.13. The summed E-state index contributed by atoms with van der Waals surface area (Å²) in [4.78, 5) is 14.7. The zero-order valence-electron chi connectivity index (χ0n) is 12.3. The molecule has 0 aliphatic heterocycles. The van der Waals surface area contributed by atoms with Crippen molar-refractivity contribution in [3.8, 4) is 0 Å². The average Bonchev–Trinajstić information content (AvgIpc) is 2.98. The third-order valence-corrected chi connectivity index (χ3v) is 4.22. The minimum Gasteiger partial charge on any atom is -0.383 e. The number of Topliss-reactive ketones (excluding diaryl/α,β-unsaturated/α-hetero) is 1. The van der Waals surface area contributed by atoms with E-state index in [1.165, 1.54) is 0 Å². The molecule has 0 atom stereocenters. The van der Waals surface area contributed by atoms with Gasteiger partial charge in [0.05, 0.1) is 17.0 Å². The van der Waals surface area contributed by atoms with Gasteiger partial charge in [-0.05, 0) is 18.8 Å². The number of ketones is 1. The summed E-state index contributed by atoms with van der Waals surface area (Å²) < 4.78 is 1.90. The summed E-state index contributed by atoms with van der Waals surface area (Å²) in [6.45, 7) is 4.25. The van der Waals surface area contributed by atoms with Crippen LogP contribution >= 0.6 is 0 Å². The molecule has 1 aromatic rings. The minimum absolute atomic E-state index is 0.0679. The predicted molar refractivity (Wildman–Crippen MR) is 74.3 cm³/mol. The lowest BCUT2D eigenvalue weighted by atomic mass is 9.99. The van der Waals surface area contributed by atoms with Crippen molar-refractivity contribution in [2.45, 2.75) is 38.0 Å². The summed E-state index contributed by atoms with van der Waals surface area (Å²) in [5.74, 6) is 0.512. The Morgan fingerprint density at radius 2 is 2.00 bits per heavy atom. The number of aryl methyl sites for hydroxylation is 1. The van der Waals surface area contributed by atoms with Gasteiger partial charge in [-0.25, -0.2) is 0 Å². The molecule has 0 saturated heterocycles. The standard InChI is InChI=1S/C15H21N3O/c1-9(2)12-11-13(19)10(8-17(3)4)15(6-7-15)14(11)16-18(12)5/h8-9H,6-7H2,1-5H3/b10-8+. The van der Waals surface area contributed by atoms with E-state index in [-0.39, 0.29) is 11.2 Å². The molecule has 0 radical (unpaired) electrons. The van der Waals surface area contributed by atoms with E-state index >= 15 is 0 Å². The Kier molecular flexibility index (Phi) is 2.43. The van der Waals surface area contributed by atoms with Crippen LogP contribution in [-0.2, 0) is 12.5 Å². The van der Waals surface area contributed by atoms with Gasteiger partial charge in [0.2, 0.25) is 0 Å². The molecule has 0 unspecified atom stereocenters. The fraction of sp³-hybridized carbons (Fsp3) is 0.600. The number of nitrogens with zero attached hydrogens (tertiary/aromatic N) is 3. The summed E-state index contributed by atoms with van der Waals surface area (Å²) in [5, 5.41) is 4.67. The van der Waals surface area contributed by atoms with Crippen molar-refractivity contribution >= 4 is 5.78 Å². The van der Waals surface area contributed by atoms with Crippen LogP contribution in [0.15, 0.2) is 11.8 Å². The van der Waals surface area contributed by atoms with E-state index in [0.717, 1.165) is 35.4 Å². The molecule has 0 aromatic carbocycles. The van der Waals surface area contributed by atoms with Gasteiger partial charge in [-0.2, -0.15) is 5.10 Å². The lowest BCUT2D eigenvalue weighted by Crippen LogP contribution is -2.15. The van der Waals surface area contributed by atoms with E-state index in [1.54, 1.807) is 0 Å². The van der Waals surface area contributed by atoms with E-state index in [0.29, 0.717) is 5.92 Å². The van der Waals surface area contributed by atoms with Crippen LogP contribution < -0.4 is 0 Å². The zero-order valence-corrected chi connectivity index (χ0v) is 12.3. The number of carbonyl (C=O) groups is 1. The van der Waals surface area contributed by atoms with Crippen molar-refractivity contribution in [2.24, 2.45) is 7.05 Å². The first kappa shape index (κ1) is 12.5. The van der Waals surface area contributed by atoms with Crippen LogP contribution in [0, 0.1) is 0 Å². The van der Waals surface area contributed by atoms with Crippen LogP contribution in [0.4, 0.5) is 0 Å². The van der Waals surface area contributed by atoms with Crippen molar-refractivity contribution in [3.63, 3.8) is 0 Å². The lowest BCUT2D eigenvalue weighted by molar-refractivity contribution is 0.103. The Balaban J connectivity index is 2.21. The normalized spacial score (nSPS) is 21.6. The van der Waals surface area contributed by atoms with Crippen molar-refractivity contribution in [3.05, 3.63) is 28.7 Å². The van der Waals surface area contributed by atoms with E-state index in [2.05, 4.69) is 18.9 Å². The van der Waals surface area contributed by atoms with Crippen LogP contribution in [0.5, 0.6) is 0 Å². The van der Waals surface area contributed by atoms with Crippen molar-refractivity contribution in [2.75, 3.05) is 14.1 Å². The second kappa shape index (κ2) is 3.71. The highest BCUT2D eigenvalue weighted by Gasteiger charge is 2.59. The predicted octanol–water partition coefficient (Wildman–Crippen LogP) is 2.22. The maximum atomic E-state index is 12.8. The topological polar surface area (TPSA) is 38.1 Å². The zero-order chi connectivity index (χ0) is 13.9. The van der Waals surface area contributed by atoms with Gasteiger partial charge in [0.15, 0.2) is 5.78 Å². The van der Waals surface area contributed by atoms with Crippen LogP contribution in [-0.4, -0.2) is 34.6 Å². The van der Waals surface area contributed by atoms with Crippen molar-refractivity contribution in [1.82, 2.24) is 14.7 Å². The second-order valence-electron chi connectivity index (χ2n) is 6.30. The SMILES string of the molecule is CC(C)c1c2c(nn1C)C1(CC1)/C(=C/N(C)C)C2=O. The third kappa shape index (κ3) is 1.52. The average molecular weight is 259 g/mol. The molecule has 0 N–H and O–H groups in total. The summed E-state index contributed by atoms with van der Waals surface area (Å²) in [6.07, 6.45) is 4.10. The molecule has 1 heterocycles. The van der Waals surface area contributed by atoms with Crippen LogP contribution in [0.1, 0.15) is 54.4 Å². The van der Waals surface area contributed by atoms with Gasteiger partial charge >= 0.3 is 0 Å². The van der Waals surface area contributed by atoms with E-state index in [4.69, 9.17) is 0 Å². The Labute approximate surface area is 114 Å². The van der Waals surface area contributed by atoms with E-state index in [1.807, 2.05) is 36.9 Å². The smallest absolute Gasteiger partial charge is 0.195 e. The summed E-state index contributed by atoms with van der Waals surface area (Å²) in [6, 6.07) is 0. The maximum Gasteiger partial charge on any atom is 0.195 e. The summed E-state index contributed by atoms with van der Waals surface area (Å²) >= 11 is 0. The fourth-order valence-corrected chi connectivity index (χ4v) is 3.31. The first-order valence-electron chi connectivity index (χ1n) is 6.89. The molecule has 0 bridgehead atoms. The fourth-order valence-electron chi connectivity index (χ4n) is 3.31. The largest absolute Gasteiger partial charge is 0.383 e. The molecule has 0 amide bonds. The van der Waals surface area contributed by atoms with Gasteiger partial charge in [0.25, 0.3) is 0 Å². The first-order valence-corrected chi connectivity index (χ1v) is 6.89. The first-order chi connectivity index (χ1) is 8.88. The van der Waals surface area contributed by atoms with E-state index in [9.17, 15) is 4.79 Å². The molecule has 1 spiro atoms. The summed E-state index contributed by atoms with van der Waals surface area (Å²) in [7, 11) is 5.89. The minimum atomic E-state index is -0.0679. The number of allylic oxidation sites excluding steroid dienone is 1. The maximum absolute atomic E-state index is 12.8. The molecule has 1 fully saturated rings. The van der Waals surface area contributed by atoms with Crippen molar-refractivity contribution < 1.29 is 4.79 Å². The Morgan fingerprint density at radius 1 is 1.37 bits per heavy atom. The van der Waals surface area contributed by atoms with Gasteiger partial charge in [0.1, 0.15) is 0 Å². The van der Waals surface area contributed by atoms with E-state index < -0.39 is 0 Å². The number of aromatic nitrogens is 2. The van der Waals surface area contributed by atoms with Gasteiger partial charge in [0, 0.05) is 38.3 Å². The molecule has 102 valence electrons. The Hall–Kier alpha value is -1.58. The third-order valence-electron chi connectivity index (χ3n) is 4.22. The molecular formula is C15H21N3O. The van der Waals surface area contributed by atoms with Crippen LogP contribution in [0.3, 0.4) is 0 Å². The van der Waals surface area contributed by atoms with Gasteiger partial charge < -0.3 is 4.90 Å². The quantitative estimate of drug-likeness (QED) is 0.764. The second-order valence-corrected chi connectivity index (χ2v) is 6.30. The number of hydrogen-bond donors (Lipinski definition) is 0. The molecule has 2 aliphatic rings. The summed E-state index contributed by atoms with van der Waals surface area (Å²) in [5.41, 5.74) is 3.85. The molecule has 4 nitrogen and oxygen atoms in total. The molecule has 1 saturated carbocycles. The van der Waals surface area contributed by atoms with Crippen LogP contribution in [0.2, 0.25) is 0 Å². The Morgan fingerprint density at radius 3 is 2.47 bits per heavy atom. The molecular weight excluding hydrogens is 238 g/mol. The number of hydrogen-bond acceptors (Lipinski definition) is 3. The highest BCUT2D eigenvalue weighted by Crippen LogP contribution is 2.60. The van der Waals surface area contributed by atoms with Gasteiger partial charge in [-0.1, -0.05) is 13.8 Å². The molecule has 4 heteroatoms. The van der Waals surface area contributed by atoms with Crippen LogP contribution in [0.25, 0.3) is 0 Å². The Bertz CT molecular complexity index is 589. The highest BCUT2D eigenvalue weighted by atomic mass is 16.1. The number of carbonyl (C=O) groups excluding carboxylic acids is 1. The highest BCUT2D eigenvalue weighted by molar-refractivity contribution is 6.16. The monoisotopic (exact) mass is 259 g/mol. The molecule has 1 aromatic heterocycles. The molecule has 2 aliphatic carbocycles. The number of fused-ring (bicyclic) bond motifs is 2. The molecule has 19 heavy (non-hydrogen) atoms.